The Morgan fingerprint density at radius 3 is 2.81 bits per heavy atom. The highest BCUT2D eigenvalue weighted by molar-refractivity contribution is 5.89. The van der Waals surface area contributed by atoms with Crippen molar-refractivity contribution in [2.45, 2.75) is 38.7 Å². The standard InChI is InChI=1S/C18H22O3/c1-3-4-10-16-12-15(18(19)20-2)13-17(21-16)11-14-8-6-5-7-9-14/h5-9,11,13,16H,3-4,10,12H2,1-2H3. The van der Waals surface area contributed by atoms with Gasteiger partial charge in [0.15, 0.2) is 0 Å². The van der Waals surface area contributed by atoms with Crippen LogP contribution in [0.4, 0.5) is 0 Å². The summed E-state index contributed by atoms with van der Waals surface area (Å²) in [5, 5.41) is 0. The summed E-state index contributed by atoms with van der Waals surface area (Å²) >= 11 is 0. The van der Waals surface area contributed by atoms with Crippen LogP contribution in [0.1, 0.15) is 38.2 Å². The lowest BCUT2D eigenvalue weighted by Gasteiger charge is -2.25. The summed E-state index contributed by atoms with van der Waals surface area (Å²) in [6.45, 7) is 2.15. The molecule has 0 saturated carbocycles. The summed E-state index contributed by atoms with van der Waals surface area (Å²) < 4.78 is 10.8. The maximum Gasteiger partial charge on any atom is 0.333 e. The van der Waals surface area contributed by atoms with Crippen molar-refractivity contribution in [3.8, 4) is 0 Å². The number of ether oxygens (including phenoxy) is 2. The molecule has 0 amide bonds. The average molecular weight is 286 g/mol. The molecule has 3 heteroatoms. The van der Waals surface area contributed by atoms with E-state index in [1.807, 2.05) is 36.4 Å². The summed E-state index contributed by atoms with van der Waals surface area (Å²) in [5.74, 6) is 0.465. The molecule has 1 heterocycles. The molecule has 0 N–H and O–H groups in total. The van der Waals surface area contributed by atoms with Crippen LogP contribution in [0.3, 0.4) is 0 Å². The molecule has 0 fully saturated rings. The fourth-order valence-corrected chi connectivity index (χ4v) is 2.40. The van der Waals surface area contributed by atoms with Crippen LogP contribution >= 0.6 is 0 Å². The van der Waals surface area contributed by atoms with E-state index in [2.05, 4.69) is 6.92 Å². The van der Waals surface area contributed by atoms with Gasteiger partial charge in [-0.1, -0.05) is 50.1 Å². The summed E-state index contributed by atoms with van der Waals surface area (Å²) in [5.41, 5.74) is 1.75. The predicted molar refractivity (Wildman–Crippen MR) is 83.5 cm³/mol. The molecule has 1 unspecified atom stereocenters. The normalized spacial score (nSPS) is 19.8. The molecular formula is C18H22O3. The van der Waals surface area contributed by atoms with Crippen molar-refractivity contribution in [3.05, 3.63) is 53.3 Å². The Morgan fingerprint density at radius 1 is 1.38 bits per heavy atom. The Bertz CT molecular complexity index is 529. The molecule has 0 aromatic heterocycles. The van der Waals surface area contributed by atoms with Gasteiger partial charge >= 0.3 is 5.97 Å². The van der Waals surface area contributed by atoms with Gasteiger partial charge in [0.05, 0.1) is 7.11 Å². The van der Waals surface area contributed by atoms with E-state index in [9.17, 15) is 4.79 Å². The summed E-state index contributed by atoms with van der Waals surface area (Å²) in [6.07, 6.45) is 7.60. The Labute approximate surface area is 126 Å². The second-order valence-corrected chi connectivity index (χ2v) is 5.20. The van der Waals surface area contributed by atoms with E-state index in [-0.39, 0.29) is 12.1 Å². The third-order valence-electron chi connectivity index (χ3n) is 3.50. The summed E-state index contributed by atoms with van der Waals surface area (Å²) in [7, 11) is 1.42. The van der Waals surface area contributed by atoms with Gasteiger partial charge in [-0.15, -0.1) is 0 Å². The minimum atomic E-state index is -0.265. The van der Waals surface area contributed by atoms with E-state index >= 15 is 0 Å². The van der Waals surface area contributed by atoms with Crippen molar-refractivity contribution < 1.29 is 14.3 Å². The molecule has 1 atom stereocenters. The molecule has 0 aliphatic carbocycles. The average Bonchev–Trinajstić information content (AvgIpc) is 2.53. The van der Waals surface area contributed by atoms with Crippen LogP contribution in [0.2, 0.25) is 0 Å². The molecule has 1 aromatic carbocycles. The third kappa shape index (κ3) is 4.48. The maximum absolute atomic E-state index is 11.8. The molecule has 1 aromatic rings. The zero-order chi connectivity index (χ0) is 15.1. The van der Waals surface area contributed by atoms with Crippen molar-refractivity contribution in [1.29, 1.82) is 0 Å². The van der Waals surface area contributed by atoms with Crippen LogP contribution in [0.5, 0.6) is 0 Å². The van der Waals surface area contributed by atoms with E-state index in [0.717, 1.165) is 30.6 Å². The lowest BCUT2D eigenvalue weighted by Crippen LogP contribution is -2.21. The van der Waals surface area contributed by atoms with Gasteiger partial charge in [-0.05, 0) is 24.1 Å². The molecule has 0 radical (unpaired) electrons. The molecule has 0 bridgehead atoms. The number of allylic oxidation sites excluding steroid dienone is 1. The SMILES string of the molecule is CCCCC1CC(C(=O)OC)=CC(=Cc2ccccc2)O1. The Balaban J connectivity index is 2.21. The third-order valence-corrected chi connectivity index (χ3v) is 3.50. The summed E-state index contributed by atoms with van der Waals surface area (Å²) in [6, 6.07) is 9.96. The quantitative estimate of drug-likeness (QED) is 0.764. The van der Waals surface area contributed by atoms with E-state index in [1.165, 1.54) is 7.11 Å². The zero-order valence-corrected chi connectivity index (χ0v) is 12.7. The highest BCUT2D eigenvalue weighted by Crippen LogP contribution is 2.27. The second-order valence-electron chi connectivity index (χ2n) is 5.20. The molecule has 2 rings (SSSR count). The Kier molecular flexibility index (Phi) is 5.61. The number of carbonyl (C=O) groups is 1. The highest BCUT2D eigenvalue weighted by Gasteiger charge is 2.23. The van der Waals surface area contributed by atoms with Gasteiger partial charge in [0.2, 0.25) is 0 Å². The maximum atomic E-state index is 11.8. The van der Waals surface area contributed by atoms with Gasteiger partial charge in [0.1, 0.15) is 11.9 Å². The molecule has 21 heavy (non-hydrogen) atoms. The first-order valence-electron chi connectivity index (χ1n) is 7.45. The van der Waals surface area contributed by atoms with Gasteiger partial charge in [-0.2, -0.15) is 0 Å². The topological polar surface area (TPSA) is 35.5 Å². The lowest BCUT2D eigenvalue weighted by atomic mass is 9.99. The fourth-order valence-electron chi connectivity index (χ4n) is 2.40. The highest BCUT2D eigenvalue weighted by atomic mass is 16.5. The van der Waals surface area contributed by atoms with Crippen molar-refractivity contribution in [2.75, 3.05) is 7.11 Å². The molecule has 1 aliphatic heterocycles. The number of unbranched alkanes of at least 4 members (excludes halogenated alkanes) is 1. The number of carbonyl (C=O) groups excluding carboxylic acids is 1. The minimum absolute atomic E-state index is 0.0546. The monoisotopic (exact) mass is 286 g/mol. The van der Waals surface area contributed by atoms with E-state index in [4.69, 9.17) is 9.47 Å². The first kappa shape index (κ1) is 15.4. The van der Waals surface area contributed by atoms with Crippen LogP contribution in [0.15, 0.2) is 47.7 Å². The molecule has 112 valence electrons. The number of hydrogen-bond donors (Lipinski definition) is 0. The Hall–Kier alpha value is -2.03. The van der Waals surface area contributed by atoms with Crippen LogP contribution in [-0.4, -0.2) is 19.2 Å². The van der Waals surface area contributed by atoms with Gasteiger partial charge in [0, 0.05) is 12.0 Å². The van der Waals surface area contributed by atoms with Crippen LogP contribution in [-0.2, 0) is 14.3 Å². The first-order chi connectivity index (χ1) is 10.2. The predicted octanol–water partition coefficient (Wildman–Crippen LogP) is 4.11. The second kappa shape index (κ2) is 7.67. The fraction of sp³-hybridized carbons (Fsp3) is 0.389. The van der Waals surface area contributed by atoms with Crippen molar-refractivity contribution in [3.63, 3.8) is 0 Å². The van der Waals surface area contributed by atoms with Crippen molar-refractivity contribution in [1.82, 2.24) is 0 Å². The van der Waals surface area contributed by atoms with Gasteiger partial charge in [-0.25, -0.2) is 4.79 Å². The number of esters is 1. The van der Waals surface area contributed by atoms with E-state index in [0.29, 0.717) is 12.0 Å². The van der Waals surface area contributed by atoms with Crippen LogP contribution in [0.25, 0.3) is 6.08 Å². The number of benzene rings is 1. The molecule has 0 spiro atoms. The number of rotatable bonds is 5. The molecular weight excluding hydrogens is 264 g/mol. The van der Waals surface area contributed by atoms with Crippen molar-refractivity contribution >= 4 is 12.0 Å². The lowest BCUT2D eigenvalue weighted by molar-refractivity contribution is -0.136. The smallest absolute Gasteiger partial charge is 0.333 e. The van der Waals surface area contributed by atoms with Crippen molar-refractivity contribution in [2.24, 2.45) is 0 Å². The van der Waals surface area contributed by atoms with E-state index < -0.39 is 0 Å². The van der Waals surface area contributed by atoms with Crippen LogP contribution in [0, 0.1) is 0 Å². The van der Waals surface area contributed by atoms with Gasteiger partial charge in [-0.3, -0.25) is 0 Å². The minimum Gasteiger partial charge on any atom is -0.490 e. The first-order valence-corrected chi connectivity index (χ1v) is 7.45. The summed E-state index contributed by atoms with van der Waals surface area (Å²) in [4.78, 5) is 11.8. The number of methoxy groups -OCH3 is 1. The largest absolute Gasteiger partial charge is 0.490 e. The molecule has 1 aliphatic rings. The van der Waals surface area contributed by atoms with Gasteiger partial charge < -0.3 is 9.47 Å². The Morgan fingerprint density at radius 2 is 2.14 bits per heavy atom. The number of hydrogen-bond acceptors (Lipinski definition) is 3. The zero-order valence-electron chi connectivity index (χ0n) is 12.7. The van der Waals surface area contributed by atoms with E-state index in [1.54, 1.807) is 6.08 Å². The van der Waals surface area contributed by atoms with Crippen LogP contribution < -0.4 is 0 Å². The van der Waals surface area contributed by atoms with Gasteiger partial charge in [0.25, 0.3) is 0 Å². The molecule has 3 nitrogen and oxygen atoms in total. The molecule has 0 saturated heterocycles.